The van der Waals surface area contributed by atoms with Gasteiger partial charge in [-0.15, -0.1) is 5.10 Å². The van der Waals surface area contributed by atoms with Crippen molar-refractivity contribution in [1.82, 2.24) is 24.9 Å². The number of halogens is 1. The van der Waals surface area contributed by atoms with E-state index in [4.69, 9.17) is 11.6 Å². The van der Waals surface area contributed by atoms with Gasteiger partial charge >= 0.3 is 5.97 Å². The van der Waals surface area contributed by atoms with E-state index in [9.17, 15) is 14.7 Å². The first-order chi connectivity index (χ1) is 14.9. The Morgan fingerprint density at radius 1 is 1.10 bits per heavy atom. The van der Waals surface area contributed by atoms with Crippen LogP contribution in [0.4, 0.5) is 0 Å². The lowest BCUT2D eigenvalue weighted by atomic mass is 10.2. The van der Waals surface area contributed by atoms with Gasteiger partial charge in [0.15, 0.2) is 0 Å². The van der Waals surface area contributed by atoms with Crippen LogP contribution in [0.1, 0.15) is 33.3 Å². The average molecular weight is 438 g/mol. The van der Waals surface area contributed by atoms with Gasteiger partial charge in [-0.25, -0.2) is 4.79 Å². The van der Waals surface area contributed by atoms with Gasteiger partial charge in [0.2, 0.25) is 0 Å². The second-order valence-electron chi connectivity index (χ2n) is 7.28. The molecular formula is C22H20ClN5O3. The zero-order valence-corrected chi connectivity index (χ0v) is 17.5. The summed E-state index contributed by atoms with van der Waals surface area (Å²) in [4.78, 5) is 23.9. The Morgan fingerprint density at radius 3 is 2.61 bits per heavy atom. The van der Waals surface area contributed by atoms with E-state index in [0.717, 1.165) is 5.52 Å². The molecule has 0 fully saturated rings. The topological polar surface area (TPSA) is 102 Å². The molecule has 2 N–H and O–H groups in total. The van der Waals surface area contributed by atoms with Crippen LogP contribution in [0.5, 0.6) is 0 Å². The molecule has 1 atom stereocenters. The van der Waals surface area contributed by atoms with Crippen LogP contribution in [0.3, 0.4) is 0 Å². The molecule has 1 amide bonds. The molecule has 0 radical (unpaired) electrons. The summed E-state index contributed by atoms with van der Waals surface area (Å²) in [6.45, 7) is 2.68. The third kappa shape index (κ3) is 4.44. The molecule has 0 bridgehead atoms. The number of amides is 1. The first kappa shape index (κ1) is 20.6. The van der Waals surface area contributed by atoms with E-state index < -0.39 is 5.97 Å². The molecule has 0 aliphatic carbocycles. The van der Waals surface area contributed by atoms with Gasteiger partial charge in [0.25, 0.3) is 5.91 Å². The van der Waals surface area contributed by atoms with Crippen molar-refractivity contribution in [2.24, 2.45) is 0 Å². The van der Waals surface area contributed by atoms with Crippen LogP contribution in [0.25, 0.3) is 10.9 Å². The van der Waals surface area contributed by atoms with Gasteiger partial charge in [-0.1, -0.05) is 47.1 Å². The number of aromatic nitrogens is 4. The zero-order chi connectivity index (χ0) is 22.0. The van der Waals surface area contributed by atoms with Crippen LogP contribution in [0.15, 0.2) is 60.9 Å². The maximum absolute atomic E-state index is 12.4. The zero-order valence-electron chi connectivity index (χ0n) is 16.7. The average Bonchev–Trinajstić information content (AvgIpc) is 3.33. The molecule has 2 aromatic carbocycles. The Labute approximate surface area is 183 Å². The maximum Gasteiger partial charge on any atom is 0.337 e. The van der Waals surface area contributed by atoms with Crippen molar-refractivity contribution < 1.29 is 14.7 Å². The second-order valence-corrected chi connectivity index (χ2v) is 7.69. The predicted octanol–water partition coefficient (Wildman–Crippen LogP) is 3.45. The Balaban J connectivity index is 1.44. The number of carbonyl (C=O) groups is 2. The Bertz CT molecular complexity index is 1260. The fourth-order valence-electron chi connectivity index (χ4n) is 3.50. The van der Waals surface area contributed by atoms with Crippen LogP contribution < -0.4 is 5.32 Å². The van der Waals surface area contributed by atoms with Gasteiger partial charge in [0.05, 0.1) is 35.4 Å². The highest BCUT2D eigenvalue weighted by Gasteiger charge is 2.16. The predicted molar refractivity (Wildman–Crippen MR) is 116 cm³/mol. The summed E-state index contributed by atoms with van der Waals surface area (Å²) in [6.07, 6.45) is 3.39. The summed E-state index contributed by atoms with van der Waals surface area (Å²) in [5.41, 5.74) is 2.17. The first-order valence-corrected chi connectivity index (χ1v) is 10.1. The molecule has 0 aliphatic rings. The van der Waals surface area contributed by atoms with Gasteiger partial charge in [-0.05, 0) is 25.1 Å². The van der Waals surface area contributed by atoms with Crippen LogP contribution >= 0.6 is 11.6 Å². The summed E-state index contributed by atoms with van der Waals surface area (Å²) in [6, 6.07) is 14.0. The molecule has 4 aromatic rings. The fourth-order valence-corrected chi connectivity index (χ4v) is 3.72. The minimum absolute atomic E-state index is 0.204. The Morgan fingerprint density at radius 2 is 1.84 bits per heavy atom. The number of benzene rings is 2. The molecule has 8 nitrogen and oxygen atoms in total. The van der Waals surface area contributed by atoms with Gasteiger partial charge < -0.3 is 15.0 Å². The summed E-state index contributed by atoms with van der Waals surface area (Å²) in [7, 11) is 0. The van der Waals surface area contributed by atoms with Crippen molar-refractivity contribution in [2.75, 3.05) is 0 Å². The third-order valence-corrected chi connectivity index (χ3v) is 5.22. The molecule has 2 heterocycles. The van der Waals surface area contributed by atoms with Crippen LogP contribution in [0.2, 0.25) is 5.02 Å². The smallest absolute Gasteiger partial charge is 0.337 e. The van der Waals surface area contributed by atoms with Crippen LogP contribution in [-0.2, 0) is 13.1 Å². The molecule has 0 saturated heterocycles. The normalized spacial score (nSPS) is 12.1. The Hall–Kier alpha value is -3.65. The van der Waals surface area contributed by atoms with Gasteiger partial charge in [0.1, 0.15) is 5.69 Å². The third-order valence-electron chi connectivity index (χ3n) is 4.89. The number of nitrogens with zero attached hydrogens (tertiary/aromatic N) is 4. The molecule has 158 valence electrons. The maximum atomic E-state index is 12.4. The lowest BCUT2D eigenvalue weighted by Crippen LogP contribution is -2.36. The molecule has 0 unspecified atom stereocenters. The number of nitrogens with one attached hydrogen (secondary N) is 1. The van der Waals surface area contributed by atoms with Crippen molar-refractivity contribution in [3.05, 3.63) is 82.8 Å². The highest BCUT2D eigenvalue weighted by Crippen LogP contribution is 2.22. The number of carboxylic acid groups (broad SMARTS) is 1. The fraction of sp³-hybridized carbons (Fsp3) is 0.182. The standard InChI is InChI=1S/C22H20ClN5O3/c1-14(24-21(29)17-7-2-4-8-19(17)23)10-28-12-15(25-26-28)11-27-13-18(22(30)31)16-6-3-5-9-20(16)27/h2-9,12-14H,10-11H2,1H3,(H,24,29)(H,30,31)/t14-/m0/s1. The number of para-hydroxylation sites is 1. The molecule has 2 aromatic heterocycles. The molecule has 0 spiro atoms. The second kappa shape index (κ2) is 8.61. The molecule has 9 heteroatoms. The van der Waals surface area contributed by atoms with E-state index in [-0.39, 0.29) is 17.5 Å². The van der Waals surface area contributed by atoms with Gasteiger partial charge in [-0.2, -0.15) is 0 Å². The van der Waals surface area contributed by atoms with Crippen molar-refractivity contribution in [2.45, 2.75) is 26.1 Å². The lowest BCUT2D eigenvalue weighted by Gasteiger charge is -2.14. The van der Waals surface area contributed by atoms with E-state index in [1.54, 1.807) is 47.4 Å². The van der Waals surface area contributed by atoms with E-state index in [1.807, 2.05) is 29.7 Å². The number of carbonyl (C=O) groups excluding carboxylic acids is 1. The quantitative estimate of drug-likeness (QED) is 0.461. The summed E-state index contributed by atoms with van der Waals surface area (Å²) in [5, 5.41) is 21.7. The van der Waals surface area contributed by atoms with E-state index in [0.29, 0.717) is 34.8 Å². The van der Waals surface area contributed by atoms with Crippen molar-refractivity contribution in [3.8, 4) is 0 Å². The van der Waals surface area contributed by atoms with E-state index in [1.165, 1.54) is 0 Å². The molecule has 0 saturated carbocycles. The number of carboxylic acids is 1. The van der Waals surface area contributed by atoms with E-state index in [2.05, 4.69) is 15.6 Å². The highest BCUT2D eigenvalue weighted by molar-refractivity contribution is 6.33. The highest BCUT2D eigenvalue weighted by atomic mass is 35.5. The van der Waals surface area contributed by atoms with Gasteiger partial charge in [-0.3, -0.25) is 9.48 Å². The lowest BCUT2D eigenvalue weighted by molar-refractivity contribution is 0.0698. The SMILES string of the molecule is C[C@@H](Cn1cc(Cn2cc(C(=O)O)c3ccccc32)nn1)NC(=O)c1ccccc1Cl. The molecule has 31 heavy (non-hydrogen) atoms. The molecule has 0 aliphatic heterocycles. The summed E-state index contributed by atoms with van der Waals surface area (Å²) in [5.74, 6) is -1.22. The number of hydrogen-bond donors (Lipinski definition) is 2. The summed E-state index contributed by atoms with van der Waals surface area (Å²) >= 11 is 6.08. The number of hydrogen-bond acceptors (Lipinski definition) is 4. The van der Waals surface area contributed by atoms with Crippen molar-refractivity contribution in [3.63, 3.8) is 0 Å². The first-order valence-electron chi connectivity index (χ1n) is 9.68. The monoisotopic (exact) mass is 437 g/mol. The van der Waals surface area contributed by atoms with Crippen molar-refractivity contribution >= 4 is 34.4 Å². The summed E-state index contributed by atoms with van der Waals surface area (Å²) < 4.78 is 3.49. The largest absolute Gasteiger partial charge is 0.478 e. The van der Waals surface area contributed by atoms with Crippen LogP contribution in [0, 0.1) is 0 Å². The Kier molecular flexibility index (Phi) is 5.73. The van der Waals surface area contributed by atoms with Crippen LogP contribution in [-0.4, -0.2) is 42.6 Å². The van der Waals surface area contributed by atoms with E-state index >= 15 is 0 Å². The minimum atomic E-state index is -0.971. The van der Waals surface area contributed by atoms with Gasteiger partial charge in [0, 0.05) is 23.1 Å². The molecule has 4 rings (SSSR count). The van der Waals surface area contributed by atoms with Crippen molar-refractivity contribution in [1.29, 1.82) is 0 Å². The number of rotatable bonds is 7. The number of aromatic carboxylic acids is 1. The number of fused-ring (bicyclic) bond motifs is 1. The molecular weight excluding hydrogens is 418 g/mol. The minimum Gasteiger partial charge on any atom is -0.478 e.